The van der Waals surface area contributed by atoms with E-state index in [2.05, 4.69) is 12.1 Å². The van der Waals surface area contributed by atoms with E-state index in [0.29, 0.717) is 34.3 Å². The molecule has 2 rings (SSSR count). The molecule has 0 saturated carbocycles. The van der Waals surface area contributed by atoms with E-state index in [9.17, 15) is 9.59 Å². The Balaban J connectivity index is 1.71. The van der Waals surface area contributed by atoms with Crippen molar-refractivity contribution in [2.45, 2.75) is 35.9 Å². The molecule has 1 atom stereocenters. The predicted molar refractivity (Wildman–Crippen MR) is 77.7 cm³/mol. The molecular formula is C15H19NO3Se. The molecule has 1 aliphatic rings. The van der Waals surface area contributed by atoms with E-state index < -0.39 is 12.0 Å². The number of nitrogens with zero attached hydrogens (tertiary/aromatic N) is 1. The summed E-state index contributed by atoms with van der Waals surface area (Å²) in [6, 6.07) is 9.66. The van der Waals surface area contributed by atoms with E-state index in [0.717, 1.165) is 17.1 Å². The molecule has 1 aromatic carbocycles. The van der Waals surface area contributed by atoms with Crippen LogP contribution in [0.15, 0.2) is 30.3 Å². The van der Waals surface area contributed by atoms with Crippen molar-refractivity contribution in [2.24, 2.45) is 0 Å². The molecule has 1 fully saturated rings. The molecule has 1 N–H and O–H groups in total. The number of likely N-dealkylation sites (tertiary alicyclic amines) is 1. The Morgan fingerprint density at radius 3 is 2.75 bits per heavy atom. The molecule has 1 amide bonds. The van der Waals surface area contributed by atoms with Crippen molar-refractivity contribution in [3.8, 4) is 0 Å². The van der Waals surface area contributed by atoms with Gasteiger partial charge in [0.1, 0.15) is 0 Å². The number of hydrogen-bond acceptors (Lipinski definition) is 2. The molecule has 0 spiro atoms. The predicted octanol–water partition coefficient (Wildman–Crippen LogP) is 1.77. The van der Waals surface area contributed by atoms with E-state index in [1.807, 2.05) is 18.2 Å². The van der Waals surface area contributed by atoms with Crippen molar-refractivity contribution in [3.05, 3.63) is 35.9 Å². The zero-order chi connectivity index (χ0) is 14.4. The van der Waals surface area contributed by atoms with Crippen LogP contribution in [-0.2, 0) is 14.9 Å². The van der Waals surface area contributed by atoms with Crippen LogP contribution in [0.25, 0.3) is 0 Å². The van der Waals surface area contributed by atoms with Gasteiger partial charge in [0.15, 0.2) is 0 Å². The zero-order valence-corrected chi connectivity index (χ0v) is 13.0. The van der Waals surface area contributed by atoms with Crippen LogP contribution in [0, 0.1) is 0 Å². The van der Waals surface area contributed by atoms with Crippen LogP contribution in [0.3, 0.4) is 0 Å². The molecule has 1 heterocycles. The SMILES string of the molecule is O=C(O)[C@@H]1CCCN1C(=O)CC[Se]Cc1ccccc1. The minimum atomic E-state index is -0.870. The van der Waals surface area contributed by atoms with Crippen LogP contribution in [0.2, 0.25) is 5.32 Å². The summed E-state index contributed by atoms with van der Waals surface area (Å²) in [5.41, 5.74) is 1.31. The van der Waals surface area contributed by atoms with Gasteiger partial charge in [-0.05, 0) is 0 Å². The maximum absolute atomic E-state index is 12.0. The summed E-state index contributed by atoms with van der Waals surface area (Å²) in [4.78, 5) is 24.6. The van der Waals surface area contributed by atoms with Gasteiger partial charge in [0.2, 0.25) is 0 Å². The van der Waals surface area contributed by atoms with Gasteiger partial charge in [-0.2, -0.15) is 0 Å². The van der Waals surface area contributed by atoms with Crippen LogP contribution in [0.1, 0.15) is 24.8 Å². The molecule has 0 radical (unpaired) electrons. The Bertz CT molecular complexity index is 463. The number of aliphatic carboxylic acids is 1. The molecule has 0 bridgehead atoms. The van der Waals surface area contributed by atoms with E-state index in [-0.39, 0.29) is 5.91 Å². The summed E-state index contributed by atoms with van der Waals surface area (Å²) < 4.78 is 0. The monoisotopic (exact) mass is 341 g/mol. The number of rotatable bonds is 6. The fourth-order valence-electron chi connectivity index (χ4n) is 2.39. The van der Waals surface area contributed by atoms with Gasteiger partial charge >= 0.3 is 125 Å². The van der Waals surface area contributed by atoms with E-state index in [1.54, 1.807) is 4.90 Å². The van der Waals surface area contributed by atoms with Gasteiger partial charge in [-0.25, -0.2) is 0 Å². The molecule has 5 heteroatoms. The molecular weight excluding hydrogens is 321 g/mol. The third kappa shape index (κ3) is 4.09. The zero-order valence-electron chi connectivity index (χ0n) is 11.3. The minimum absolute atomic E-state index is 0.00448. The summed E-state index contributed by atoms with van der Waals surface area (Å²) in [6.45, 7) is 0.599. The molecule has 20 heavy (non-hydrogen) atoms. The summed E-state index contributed by atoms with van der Waals surface area (Å²) in [6.07, 6.45) is 1.88. The van der Waals surface area contributed by atoms with Gasteiger partial charge in [0.05, 0.1) is 0 Å². The number of carboxylic acids is 1. The molecule has 0 aromatic heterocycles. The van der Waals surface area contributed by atoms with Crippen LogP contribution >= 0.6 is 0 Å². The third-order valence-corrected chi connectivity index (χ3v) is 5.59. The van der Waals surface area contributed by atoms with Crippen molar-refractivity contribution in [1.29, 1.82) is 0 Å². The standard InChI is InChI=1S/C15H19NO3Se/c17-14(16-9-4-7-13(16)15(18)19)8-10-20-11-12-5-2-1-3-6-12/h1-3,5-6,13H,4,7-11H2,(H,18,19)/t13-/m0/s1. The number of amides is 1. The molecule has 108 valence electrons. The van der Waals surface area contributed by atoms with E-state index >= 15 is 0 Å². The Hall–Kier alpha value is -1.32. The molecule has 0 aliphatic carbocycles. The van der Waals surface area contributed by atoms with Crippen molar-refractivity contribution >= 4 is 26.8 Å². The number of carboxylic acid groups (broad SMARTS) is 1. The molecule has 4 nitrogen and oxygen atoms in total. The van der Waals surface area contributed by atoms with Crippen LogP contribution in [0.5, 0.6) is 0 Å². The second-order valence-corrected chi connectivity index (χ2v) is 7.19. The van der Waals surface area contributed by atoms with Gasteiger partial charge in [0, 0.05) is 0 Å². The summed E-state index contributed by atoms with van der Waals surface area (Å²) >= 11 is 0.398. The van der Waals surface area contributed by atoms with Crippen LogP contribution < -0.4 is 0 Å². The van der Waals surface area contributed by atoms with Crippen molar-refractivity contribution in [1.82, 2.24) is 4.90 Å². The van der Waals surface area contributed by atoms with Crippen molar-refractivity contribution in [2.75, 3.05) is 6.54 Å². The quantitative estimate of drug-likeness (QED) is 0.634. The number of carbonyl (C=O) groups excluding carboxylic acids is 1. The second-order valence-electron chi connectivity index (χ2n) is 4.87. The Morgan fingerprint density at radius 2 is 2.05 bits per heavy atom. The average molecular weight is 340 g/mol. The van der Waals surface area contributed by atoms with Gasteiger partial charge in [-0.3, -0.25) is 0 Å². The summed E-state index contributed by atoms with van der Waals surface area (Å²) in [5, 5.41) is 11.0. The van der Waals surface area contributed by atoms with Crippen molar-refractivity contribution < 1.29 is 14.7 Å². The Labute approximate surface area is 125 Å². The normalized spacial score (nSPS) is 18.2. The fraction of sp³-hybridized carbons (Fsp3) is 0.467. The van der Waals surface area contributed by atoms with Gasteiger partial charge in [-0.1, -0.05) is 0 Å². The summed E-state index contributed by atoms with van der Waals surface area (Å²) in [7, 11) is 0. The fourth-order valence-corrected chi connectivity index (χ4v) is 4.26. The van der Waals surface area contributed by atoms with Gasteiger partial charge in [0.25, 0.3) is 0 Å². The molecule has 1 aromatic rings. The first kappa shape index (κ1) is 15.1. The number of hydrogen-bond donors (Lipinski definition) is 1. The second kappa shape index (κ2) is 7.46. The molecule has 1 aliphatic heterocycles. The first-order valence-electron chi connectivity index (χ1n) is 6.82. The van der Waals surface area contributed by atoms with E-state index in [4.69, 9.17) is 5.11 Å². The third-order valence-electron chi connectivity index (χ3n) is 3.43. The van der Waals surface area contributed by atoms with Crippen LogP contribution in [0.4, 0.5) is 0 Å². The molecule has 1 saturated heterocycles. The van der Waals surface area contributed by atoms with Crippen molar-refractivity contribution in [3.63, 3.8) is 0 Å². The Morgan fingerprint density at radius 1 is 1.30 bits per heavy atom. The Kier molecular flexibility index (Phi) is 5.62. The summed E-state index contributed by atoms with van der Waals surface area (Å²) in [5.74, 6) is -0.865. The van der Waals surface area contributed by atoms with Crippen LogP contribution in [-0.4, -0.2) is 49.4 Å². The number of carbonyl (C=O) groups is 2. The average Bonchev–Trinajstić information content (AvgIpc) is 2.94. The van der Waals surface area contributed by atoms with E-state index in [1.165, 1.54) is 5.56 Å². The first-order valence-corrected chi connectivity index (χ1v) is 9.24. The van der Waals surface area contributed by atoms with Gasteiger partial charge < -0.3 is 0 Å². The molecule has 0 unspecified atom stereocenters. The first-order chi connectivity index (χ1) is 9.68. The topological polar surface area (TPSA) is 57.6 Å². The maximum atomic E-state index is 12.0. The van der Waals surface area contributed by atoms with Gasteiger partial charge in [-0.15, -0.1) is 0 Å². The number of benzene rings is 1.